The quantitative estimate of drug-likeness (QED) is 0.373. The lowest BCUT2D eigenvalue weighted by molar-refractivity contribution is -0.386. The van der Waals surface area contributed by atoms with Gasteiger partial charge >= 0.3 is 5.69 Å². The third kappa shape index (κ3) is 5.35. The second kappa shape index (κ2) is 10.5. The lowest BCUT2D eigenvalue weighted by Crippen LogP contribution is -2.41. The van der Waals surface area contributed by atoms with E-state index in [0.717, 1.165) is 32.6 Å². The predicted molar refractivity (Wildman–Crippen MR) is 129 cm³/mol. The summed E-state index contributed by atoms with van der Waals surface area (Å²) in [7, 11) is 2.09. The van der Waals surface area contributed by atoms with Crippen molar-refractivity contribution in [2.24, 2.45) is 0 Å². The fourth-order valence-corrected chi connectivity index (χ4v) is 4.22. The summed E-state index contributed by atoms with van der Waals surface area (Å²) in [6.45, 7) is 5.61. The minimum Gasteiger partial charge on any atom is -0.468 e. The fourth-order valence-electron chi connectivity index (χ4n) is 4.04. The number of likely N-dealkylation sites (N-methyl/N-ethyl adjacent to an activating group) is 1. The second-order valence-electron chi connectivity index (χ2n) is 8.24. The second-order valence-corrected chi connectivity index (χ2v) is 8.65. The normalized spacial score (nSPS) is 16.2. The van der Waals surface area contributed by atoms with Crippen molar-refractivity contribution in [3.63, 3.8) is 0 Å². The highest BCUT2D eigenvalue weighted by Crippen LogP contribution is 2.36. The number of nitro benzene ring substituents is 1. The number of nitrogens with zero attached hydrogens (tertiary/aromatic N) is 5. The van der Waals surface area contributed by atoms with Crippen molar-refractivity contribution in [1.82, 2.24) is 19.8 Å². The number of nitrogens with one attached hydrogen (secondary N) is 1. The molecule has 0 radical (unpaired) electrons. The first-order valence-corrected chi connectivity index (χ1v) is 11.5. The highest BCUT2D eigenvalue weighted by molar-refractivity contribution is 6.31. The molecule has 180 valence electrons. The summed E-state index contributed by atoms with van der Waals surface area (Å²) in [4.78, 5) is 24.5. The van der Waals surface area contributed by atoms with Gasteiger partial charge in [0, 0.05) is 37.5 Å². The molecular formula is C23H26ClFN6O3. The average molecular weight is 489 g/mol. The van der Waals surface area contributed by atoms with Crippen molar-refractivity contribution in [3.8, 4) is 5.75 Å². The molecule has 0 aliphatic carbocycles. The van der Waals surface area contributed by atoms with E-state index < -0.39 is 10.7 Å². The summed E-state index contributed by atoms with van der Waals surface area (Å²) in [5.41, 5.74) is 0.802. The van der Waals surface area contributed by atoms with Gasteiger partial charge < -0.3 is 15.0 Å². The average Bonchev–Trinajstić information content (AvgIpc) is 3.03. The molecule has 0 spiro atoms. The molecule has 2 heterocycles. The summed E-state index contributed by atoms with van der Waals surface area (Å²) in [5.74, 6) is -0.0416. The molecule has 1 N–H and O–H groups in total. The van der Waals surface area contributed by atoms with Crippen LogP contribution in [0, 0.1) is 15.9 Å². The Labute approximate surface area is 201 Å². The van der Waals surface area contributed by atoms with Crippen LogP contribution in [0.3, 0.4) is 0 Å². The molecule has 1 saturated heterocycles. The smallest absolute Gasteiger partial charge is 0.311 e. The molecule has 1 aliphatic rings. The number of anilines is 2. The maximum absolute atomic E-state index is 13.5. The van der Waals surface area contributed by atoms with E-state index in [4.69, 9.17) is 16.3 Å². The number of ether oxygens (including phenoxy) is 1. The van der Waals surface area contributed by atoms with Gasteiger partial charge in [0.05, 0.1) is 20.8 Å². The maximum atomic E-state index is 13.5. The van der Waals surface area contributed by atoms with Crippen LogP contribution in [0.1, 0.15) is 19.8 Å². The van der Waals surface area contributed by atoms with Gasteiger partial charge in [0.15, 0.2) is 6.23 Å². The van der Waals surface area contributed by atoms with Crippen molar-refractivity contribution in [1.29, 1.82) is 0 Å². The van der Waals surface area contributed by atoms with Crippen LogP contribution in [0.4, 0.5) is 21.6 Å². The van der Waals surface area contributed by atoms with Gasteiger partial charge in [-0.25, -0.2) is 14.4 Å². The zero-order chi connectivity index (χ0) is 24.2. The molecule has 0 saturated carbocycles. The van der Waals surface area contributed by atoms with Gasteiger partial charge in [0.25, 0.3) is 0 Å². The first-order valence-electron chi connectivity index (χ1n) is 11.1. The van der Waals surface area contributed by atoms with Gasteiger partial charge in [-0.15, -0.1) is 0 Å². The molecule has 1 aromatic heterocycles. The monoisotopic (exact) mass is 488 g/mol. The minimum atomic E-state index is -0.543. The van der Waals surface area contributed by atoms with Gasteiger partial charge in [0.2, 0.25) is 5.75 Å². The molecular weight excluding hydrogens is 463 g/mol. The van der Waals surface area contributed by atoms with Crippen LogP contribution in [-0.4, -0.2) is 64.1 Å². The van der Waals surface area contributed by atoms with Crippen molar-refractivity contribution in [2.75, 3.05) is 38.5 Å². The van der Waals surface area contributed by atoms with Crippen LogP contribution in [0.25, 0.3) is 10.9 Å². The van der Waals surface area contributed by atoms with E-state index in [1.54, 1.807) is 6.07 Å². The number of fused-ring (bicyclic) bond motifs is 1. The van der Waals surface area contributed by atoms with Crippen molar-refractivity contribution in [3.05, 3.63) is 57.6 Å². The van der Waals surface area contributed by atoms with Gasteiger partial charge in [-0.05, 0) is 44.6 Å². The van der Waals surface area contributed by atoms with Crippen LogP contribution >= 0.6 is 11.6 Å². The topological polar surface area (TPSA) is 96.7 Å². The van der Waals surface area contributed by atoms with Crippen LogP contribution in [0.5, 0.6) is 5.75 Å². The summed E-state index contributed by atoms with van der Waals surface area (Å²) >= 11 is 5.87. The van der Waals surface area contributed by atoms with E-state index in [-0.39, 0.29) is 22.7 Å². The van der Waals surface area contributed by atoms with Crippen LogP contribution in [-0.2, 0) is 0 Å². The fraction of sp³-hybridized carbons (Fsp3) is 0.391. The number of hydrogen-bond donors (Lipinski definition) is 1. The van der Waals surface area contributed by atoms with Gasteiger partial charge in [-0.2, -0.15) is 0 Å². The Morgan fingerprint density at radius 3 is 2.79 bits per heavy atom. The SMILES string of the molecule is CCC(Oc1cc2ncnc(Nc3ccc(F)c(Cl)c3)c2cc1[N+](=O)[O-])N1CCCN(C)CC1. The Morgan fingerprint density at radius 2 is 2.06 bits per heavy atom. The molecule has 0 bridgehead atoms. The number of hydrogen-bond acceptors (Lipinski definition) is 8. The molecule has 11 heteroatoms. The van der Waals surface area contributed by atoms with E-state index in [2.05, 4.69) is 32.1 Å². The molecule has 1 unspecified atom stereocenters. The standard InChI is InChI=1S/C23H26ClFN6O3/c1-3-22(30-8-4-7-29(2)9-10-30)34-21-13-19-16(12-20(21)31(32)33)23(27-14-26-19)28-15-5-6-18(25)17(24)11-15/h5-6,11-14,22H,3-4,7-10H2,1-2H3,(H,26,27,28). The molecule has 1 fully saturated rings. The van der Waals surface area contributed by atoms with E-state index in [1.165, 1.54) is 30.6 Å². The molecule has 34 heavy (non-hydrogen) atoms. The van der Waals surface area contributed by atoms with E-state index in [0.29, 0.717) is 28.8 Å². The molecule has 3 aromatic rings. The van der Waals surface area contributed by atoms with E-state index in [1.807, 2.05) is 6.92 Å². The van der Waals surface area contributed by atoms with Crippen LogP contribution in [0.15, 0.2) is 36.7 Å². The summed E-state index contributed by atoms with van der Waals surface area (Å²) < 4.78 is 19.7. The highest BCUT2D eigenvalue weighted by Gasteiger charge is 2.26. The van der Waals surface area contributed by atoms with Crippen molar-refractivity contribution in [2.45, 2.75) is 26.0 Å². The Morgan fingerprint density at radius 1 is 1.24 bits per heavy atom. The third-order valence-electron chi connectivity index (χ3n) is 5.87. The number of rotatable bonds is 7. The lowest BCUT2D eigenvalue weighted by atomic mass is 10.2. The lowest BCUT2D eigenvalue weighted by Gasteiger charge is -2.30. The molecule has 4 rings (SSSR count). The predicted octanol–water partition coefficient (Wildman–Crippen LogP) is 4.83. The Hall–Kier alpha value is -3.08. The molecule has 2 aromatic carbocycles. The molecule has 1 aliphatic heterocycles. The van der Waals surface area contributed by atoms with Gasteiger partial charge in [0.1, 0.15) is 18.0 Å². The van der Waals surface area contributed by atoms with Crippen molar-refractivity contribution < 1.29 is 14.1 Å². The Kier molecular flexibility index (Phi) is 7.40. The van der Waals surface area contributed by atoms with Gasteiger partial charge in [-0.1, -0.05) is 18.5 Å². The Balaban J connectivity index is 1.67. The zero-order valence-corrected chi connectivity index (χ0v) is 19.8. The number of benzene rings is 2. The van der Waals surface area contributed by atoms with E-state index >= 15 is 0 Å². The van der Waals surface area contributed by atoms with E-state index in [9.17, 15) is 14.5 Å². The van der Waals surface area contributed by atoms with Crippen LogP contribution in [0.2, 0.25) is 5.02 Å². The maximum Gasteiger partial charge on any atom is 0.311 e. The number of halogens is 2. The molecule has 9 nitrogen and oxygen atoms in total. The number of nitro groups is 1. The number of aromatic nitrogens is 2. The van der Waals surface area contributed by atoms with Gasteiger partial charge in [-0.3, -0.25) is 15.0 Å². The first kappa shape index (κ1) is 24.1. The Bertz CT molecular complexity index is 1200. The third-order valence-corrected chi connectivity index (χ3v) is 6.16. The minimum absolute atomic E-state index is 0.0460. The highest BCUT2D eigenvalue weighted by atomic mass is 35.5. The first-order chi connectivity index (χ1) is 16.4. The summed E-state index contributed by atoms with van der Waals surface area (Å²) in [6.07, 6.45) is 2.75. The summed E-state index contributed by atoms with van der Waals surface area (Å²) in [6, 6.07) is 7.13. The van der Waals surface area contributed by atoms with Crippen LogP contribution < -0.4 is 10.1 Å². The molecule has 1 atom stereocenters. The summed E-state index contributed by atoms with van der Waals surface area (Å²) in [5, 5.41) is 15.4. The zero-order valence-electron chi connectivity index (χ0n) is 19.0. The van der Waals surface area contributed by atoms with Crippen molar-refractivity contribution >= 4 is 39.7 Å². The largest absolute Gasteiger partial charge is 0.468 e. The molecule has 0 amide bonds.